The van der Waals surface area contributed by atoms with Crippen molar-refractivity contribution >= 4 is 0 Å². The Kier molecular flexibility index (Phi) is 2810. The van der Waals surface area contributed by atoms with Gasteiger partial charge in [-0.2, -0.15) is 0 Å². The molecule has 0 aliphatic carbocycles. The first kappa shape index (κ1) is 275. The van der Waals surface area contributed by atoms with Crippen LogP contribution < -0.4 is 414 Å². The summed E-state index contributed by atoms with van der Waals surface area (Å²) in [6, 6.07) is 0. The third-order valence-electron chi connectivity index (χ3n) is 0. The average molecular weight is 576 g/mol. The molecule has 0 spiro atoms. The molecule has 2 radical (unpaired) electrons. The van der Waals surface area contributed by atoms with Gasteiger partial charge in [0.1, 0.15) is 0 Å². The predicted molar refractivity (Wildman–Crippen MR) is 6.18 cm³/mol. The third-order valence-corrected chi connectivity index (χ3v) is 0. The summed E-state index contributed by atoms with van der Waals surface area (Å²) in [5, 5.41) is 0. The summed E-state index contributed by atoms with van der Waals surface area (Å²) in [6.45, 7) is 0. The van der Waals surface area contributed by atoms with Gasteiger partial charge in [-0.1, -0.05) is 0 Å². The van der Waals surface area contributed by atoms with Crippen LogP contribution in [0.25, 0.3) is 0 Å². The van der Waals surface area contributed by atoms with Gasteiger partial charge >= 0.3 is 448 Å². The van der Waals surface area contributed by atoms with Gasteiger partial charge in [-0.15, -0.1) is 0 Å². The zero-order valence-electron chi connectivity index (χ0n) is 18.4. The Bertz CT molecular complexity index is 32.3. The zero-order chi connectivity index (χ0) is 0. The molecule has 0 amide bonds. The standard InChI is InChI=1S/2Mn.14Na.9O/q2*+2;14*+1;9*-2. The van der Waals surface area contributed by atoms with E-state index in [9.17, 15) is 0 Å². The molecule has 0 aromatic heterocycles. The fourth-order valence-corrected chi connectivity index (χ4v) is 0. The molecule has 0 heterocycles. The van der Waals surface area contributed by atoms with Crippen molar-refractivity contribution in [2.75, 3.05) is 0 Å². The van der Waals surface area contributed by atoms with E-state index in [1.54, 1.807) is 0 Å². The maximum Gasteiger partial charge on any atom is 2.00 e. The zero-order valence-corrected chi connectivity index (χ0v) is 48.8. The van der Waals surface area contributed by atoms with Crippen LogP contribution in [0.2, 0.25) is 0 Å². The topological polar surface area (TPSA) is 256 Å². The Morgan fingerprint density at radius 3 is 0.120 bits per heavy atom. The summed E-state index contributed by atoms with van der Waals surface area (Å²) in [7, 11) is 0. The maximum atomic E-state index is 0. The normalized spacial score (nSPS) is 0. The summed E-state index contributed by atoms with van der Waals surface area (Å²) in [5.41, 5.74) is 0. The van der Waals surface area contributed by atoms with Gasteiger partial charge < -0.3 is 49.3 Å². The summed E-state index contributed by atoms with van der Waals surface area (Å²) in [4.78, 5) is 0. The van der Waals surface area contributed by atoms with E-state index < -0.39 is 0 Å². The van der Waals surface area contributed by atoms with Gasteiger partial charge in [-0.25, -0.2) is 0 Å². The van der Waals surface area contributed by atoms with Gasteiger partial charge in [0.15, 0.2) is 0 Å². The smallest absolute Gasteiger partial charge is 2.00 e. The Balaban J connectivity index is 0. The maximum absolute atomic E-state index is 0. The number of hydrogen-bond acceptors (Lipinski definition) is 0. The van der Waals surface area contributed by atoms with E-state index in [4.69, 9.17) is 0 Å². The molecule has 0 aromatic rings. The minimum atomic E-state index is 0. The van der Waals surface area contributed by atoms with E-state index in [0.29, 0.717) is 0 Å². The van der Waals surface area contributed by atoms with Crippen LogP contribution in [0.1, 0.15) is 0 Å². The van der Waals surface area contributed by atoms with Crippen LogP contribution in [0.3, 0.4) is 0 Å². The van der Waals surface area contributed by atoms with Gasteiger partial charge in [0, 0.05) is 0 Å². The molecule has 0 aromatic carbocycles. The SMILES string of the molecule is [Mn+2].[Mn+2].[Na+].[Na+].[Na+].[Na+].[Na+].[Na+].[Na+].[Na+].[Na+].[Na+].[Na+].[Na+].[Na+].[Na+].[O-2].[O-2].[O-2].[O-2].[O-2].[O-2].[O-2].[O-2].[O-2]. The minimum absolute atomic E-state index is 0. The summed E-state index contributed by atoms with van der Waals surface area (Å²) < 4.78 is 0. The first-order valence-electron chi connectivity index (χ1n) is 0. The quantitative estimate of drug-likeness (QED) is 0.244. The second-order valence-corrected chi connectivity index (χ2v) is 0. The molecule has 0 fully saturated rings. The first-order valence-corrected chi connectivity index (χ1v) is 0. The van der Waals surface area contributed by atoms with Crippen molar-refractivity contribution in [3.05, 3.63) is 0 Å². The molecule has 0 rings (SSSR count). The molecular formula is Mn2Na14O9. The van der Waals surface area contributed by atoms with Gasteiger partial charge in [-0.3, -0.25) is 0 Å². The van der Waals surface area contributed by atoms with E-state index in [1.807, 2.05) is 0 Å². The van der Waals surface area contributed by atoms with Crippen molar-refractivity contribution in [3.8, 4) is 0 Å². The van der Waals surface area contributed by atoms with Gasteiger partial charge in [0.05, 0.1) is 0 Å². The van der Waals surface area contributed by atoms with Crippen LogP contribution >= 0.6 is 0 Å². The van der Waals surface area contributed by atoms with Crippen LogP contribution in [0.15, 0.2) is 0 Å². The average Bonchev–Trinajstić information content (AvgIpc) is 0. The van der Waals surface area contributed by atoms with E-state index in [-0.39, 0.29) is 497 Å². The van der Waals surface area contributed by atoms with Crippen molar-refractivity contribution < 1.29 is 497 Å². The molecule has 0 bridgehead atoms. The second kappa shape index (κ2) is 255. The molecule has 0 atom stereocenters. The van der Waals surface area contributed by atoms with E-state index in [0.717, 1.165) is 0 Å². The Morgan fingerprint density at radius 1 is 0.120 bits per heavy atom. The van der Waals surface area contributed by atoms with Gasteiger partial charge in [0.25, 0.3) is 0 Å². The predicted octanol–water partition coefficient (Wildman–Crippen LogP) is -43.0. The summed E-state index contributed by atoms with van der Waals surface area (Å²) in [5.74, 6) is 0. The largest absolute Gasteiger partial charge is 2.00 e. The third kappa shape index (κ3) is 242. The Hall–Kier alpha value is 14.7. The number of hydrogen-bond donors (Lipinski definition) is 0. The number of rotatable bonds is 0. The first-order chi connectivity index (χ1) is 0. The molecule has 0 N–H and O–H groups in total. The molecule has 25 heteroatoms. The monoisotopic (exact) mass is 576 g/mol. The summed E-state index contributed by atoms with van der Waals surface area (Å²) >= 11 is 0. The molecule has 25 heavy (non-hydrogen) atoms. The molecule has 0 saturated heterocycles. The fraction of sp³-hybridized carbons (Fsp3) is 0. The van der Waals surface area contributed by atoms with Crippen LogP contribution in [-0.2, 0) is 83.4 Å². The minimum Gasteiger partial charge on any atom is -2.00 e. The van der Waals surface area contributed by atoms with Crippen molar-refractivity contribution in [3.63, 3.8) is 0 Å². The van der Waals surface area contributed by atoms with E-state index in [2.05, 4.69) is 0 Å². The summed E-state index contributed by atoms with van der Waals surface area (Å²) in [6.07, 6.45) is 0. The Labute approximate surface area is 482 Å². The molecule has 0 aliphatic rings. The molecule has 0 aliphatic heterocycles. The van der Waals surface area contributed by atoms with Crippen LogP contribution in [-0.4, -0.2) is 0 Å². The van der Waals surface area contributed by atoms with Gasteiger partial charge in [-0.05, 0) is 0 Å². The molecule has 0 unspecified atom stereocenters. The van der Waals surface area contributed by atoms with E-state index in [1.165, 1.54) is 0 Å². The van der Waals surface area contributed by atoms with Crippen molar-refractivity contribution in [1.82, 2.24) is 0 Å². The van der Waals surface area contributed by atoms with Crippen molar-refractivity contribution in [2.24, 2.45) is 0 Å². The Morgan fingerprint density at radius 2 is 0.120 bits per heavy atom. The fourth-order valence-electron chi connectivity index (χ4n) is 0. The van der Waals surface area contributed by atoms with Gasteiger partial charge in [0.2, 0.25) is 0 Å². The molecular weight excluding hydrogens is 576 g/mol. The molecule has 9 nitrogen and oxygen atoms in total. The van der Waals surface area contributed by atoms with Crippen LogP contribution in [0, 0.1) is 0 Å². The van der Waals surface area contributed by atoms with Crippen LogP contribution in [0.5, 0.6) is 0 Å². The molecule has 82 valence electrons. The molecule has 0 saturated carbocycles. The second-order valence-electron chi connectivity index (χ2n) is 0. The van der Waals surface area contributed by atoms with Crippen molar-refractivity contribution in [2.45, 2.75) is 0 Å². The van der Waals surface area contributed by atoms with E-state index >= 15 is 0 Å². The van der Waals surface area contributed by atoms with Crippen LogP contribution in [0.4, 0.5) is 0 Å². The van der Waals surface area contributed by atoms with Crippen molar-refractivity contribution in [1.29, 1.82) is 0 Å².